The van der Waals surface area contributed by atoms with Gasteiger partial charge in [0.05, 0.1) is 11.7 Å². The SMILES string of the molecule is C[C@H](NC(=O)C1=C2C=CC=C2N=N1)c1ccccc1. The number of benzene rings is 1. The molecule has 1 amide bonds. The predicted molar refractivity (Wildman–Crippen MR) is 72.1 cm³/mol. The number of hydrogen-bond acceptors (Lipinski definition) is 3. The normalized spacial score (nSPS) is 17.4. The molecule has 2 aliphatic rings. The van der Waals surface area contributed by atoms with Crippen molar-refractivity contribution in [3.8, 4) is 0 Å². The van der Waals surface area contributed by atoms with E-state index in [1.807, 2.05) is 55.5 Å². The van der Waals surface area contributed by atoms with Crippen molar-refractivity contribution in [2.45, 2.75) is 13.0 Å². The molecule has 0 unspecified atom stereocenters. The number of nitrogens with zero attached hydrogens (tertiary/aromatic N) is 2. The van der Waals surface area contributed by atoms with Crippen molar-refractivity contribution in [3.05, 3.63) is 71.1 Å². The van der Waals surface area contributed by atoms with Gasteiger partial charge in [-0.25, -0.2) is 0 Å². The molecule has 4 heteroatoms. The minimum Gasteiger partial charge on any atom is -0.344 e. The van der Waals surface area contributed by atoms with Crippen LogP contribution in [0.5, 0.6) is 0 Å². The molecule has 1 heterocycles. The first-order valence-corrected chi connectivity index (χ1v) is 6.16. The van der Waals surface area contributed by atoms with Gasteiger partial charge in [0.2, 0.25) is 0 Å². The van der Waals surface area contributed by atoms with Gasteiger partial charge in [-0.3, -0.25) is 4.79 Å². The Morgan fingerprint density at radius 3 is 2.79 bits per heavy atom. The first-order valence-electron chi connectivity index (χ1n) is 6.16. The topological polar surface area (TPSA) is 53.8 Å². The van der Waals surface area contributed by atoms with Crippen molar-refractivity contribution in [1.29, 1.82) is 0 Å². The van der Waals surface area contributed by atoms with Crippen molar-refractivity contribution in [1.82, 2.24) is 5.32 Å². The van der Waals surface area contributed by atoms with E-state index in [2.05, 4.69) is 15.5 Å². The van der Waals surface area contributed by atoms with E-state index in [0.717, 1.165) is 16.8 Å². The summed E-state index contributed by atoms with van der Waals surface area (Å²) in [7, 11) is 0. The van der Waals surface area contributed by atoms with Crippen LogP contribution < -0.4 is 5.32 Å². The summed E-state index contributed by atoms with van der Waals surface area (Å²) in [6.45, 7) is 1.95. The van der Waals surface area contributed by atoms with Crippen molar-refractivity contribution >= 4 is 5.91 Å². The summed E-state index contributed by atoms with van der Waals surface area (Å²) >= 11 is 0. The zero-order valence-electron chi connectivity index (χ0n) is 10.5. The van der Waals surface area contributed by atoms with E-state index in [9.17, 15) is 4.79 Å². The predicted octanol–water partition coefficient (Wildman–Crippen LogP) is 3.04. The Hall–Kier alpha value is -2.49. The highest BCUT2D eigenvalue weighted by atomic mass is 16.2. The summed E-state index contributed by atoms with van der Waals surface area (Å²) < 4.78 is 0. The molecule has 1 aliphatic heterocycles. The number of amides is 1. The Morgan fingerprint density at radius 2 is 2.00 bits per heavy atom. The average Bonchev–Trinajstić information content (AvgIpc) is 3.01. The van der Waals surface area contributed by atoms with Crippen LogP contribution in [0.1, 0.15) is 18.5 Å². The number of azo groups is 1. The molecule has 1 aliphatic carbocycles. The van der Waals surface area contributed by atoms with Gasteiger partial charge in [0.15, 0.2) is 5.70 Å². The van der Waals surface area contributed by atoms with Gasteiger partial charge in [0, 0.05) is 5.57 Å². The molecule has 1 aromatic rings. The van der Waals surface area contributed by atoms with Gasteiger partial charge in [-0.15, -0.1) is 10.2 Å². The van der Waals surface area contributed by atoms with E-state index in [1.165, 1.54) is 0 Å². The minimum atomic E-state index is -0.190. The lowest BCUT2D eigenvalue weighted by atomic mass is 10.1. The molecule has 1 N–H and O–H groups in total. The second-order valence-corrected chi connectivity index (χ2v) is 4.48. The van der Waals surface area contributed by atoms with Crippen LogP contribution in [0.2, 0.25) is 0 Å². The fraction of sp³-hybridized carbons (Fsp3) is 0.133. The van der Waals surface area contributed by atoms with E-state index >= 15 is 0 Å². The molecule has 3 rings (SSSR count). The second kappa shape index (κ2) is 4.65. The highest BCUT2D eigenvalue weighted by Gasteiger charge is 2.24. The van der Waals surface area contributed by atoms with Gasteiger partial charge in [-0.1, -0.05) is 42.5 Å². The lowest BCUT2D eigenvalue weighted by Crippen LogP contribution is -2.27. The van der Waals surface area contributed by atoms with Crippen molar-refractivity contribution in [3.63, 3.8) is 0 Å². The smallest absolute Gasteiger partial charge is 0.272 e. The van der Waals surface area contributed by atoms with E-state index in [4.69, 9.17) is 0 Å². The number of rotatable bonds is 3. The van der Waals surface area contributed by atoms with Gasteiger partial charge in [0.25, 0.3) is 5.91 Å². The maximum atomic E-state index is 12.2. The number of allylic oxidation sites excluding steroid dienone is 3. The molecule has 1 aromatic carbocycles. The van der Waals surface area contributed by atoms with Crippen LogP contribution in [0.4, 0.5) is 0 Å². The number of nitrogens with one attached hydrogen (secondary N) is 1. The number of carbonyl (C=O) groups excluding carboxylic acids is 1. The molecule has 0 saturated carbocycles. The fourth-order valence-electron chi connectivity index (χ4n) is 2.11. The number of carbonyl (C=O) groups is 1. The summed E-state index contributed by atoms with van der Waals surface area (Å²) in [4.78, 5) is 12.2. The third-order valence-corrected chi connectivity index (χ3v) is 3.17. The number of fused-ring (bicyclic) bond motifs is 1. The van der Waals surface area contributed by atoms with Crippen LogP contribution in [-0.4, -0.2) is 5.91 Å². The molecule has 0 aromatic heterocycles. The van der Waals surface area contributed by atoms with Crippen LogP contribution in [0.3, 0.4) is 0 Å². The molecular formula is C15H13N3O. The standard InChI is InChI=1S/C15H13N3O/c1-10(11-6-3-2-4-7-11)16-15(19)14-12-8-5-9-13(12)17-18-14/h2-10H,1H3,(H,16,19)/t10-/m0/s1. The van der Waals surface area contributed by atoms with Crippen LogP contribution in [0, 0.1) is 0 Å². The van der Waals surface area contributed by atoms with Crippen LogP contribution in [0.25, 0.3) is 0 Å². The van der Waals surface area contributed by atoms with Crippen LogP contribution in [-0.2, 0) is 4.79 Å². The Labute approximate surface area is 111 Å². The molecule has 0 spiro atoms. The average molecular weight is 251 g/mol. The lowest BCUT2D eigenvalue weighted by molar-refractivity contribution is -0.118. The quantitative estimate of drug-likeness (QED) is 0.882. The maximum absolute atomic E-state index is 12.2. The number of hydrogen-bond donors (Lipinski definition) is 1. The molecule has 4 nitrogen and oxygen atoms in total. The van der Waals surface area contributed by atoms with Gasteiger partial charge >= 0.3 is 0 Å². The van der Waals surface area contributed by atoms with Crippen molar-refractivity contribution in [2.75, 3.05) is 0 Å². The highest BCUT2D eigenvalue weighted by Crippen LogP contribution is 2.30. The Balaban J connectivity index is 1.77. The highest BCUT2D eigenvalue weighted by molar-refractivity contribution is 5.96. The molecule has 19 heavy (non-hydrogen) atoms. The summed E-state index contributed by atoms with van der Waals surface area (Å²) in [5.41, 5.74) is 3.02. The van der Waals surface area contributed by atoms with Crippen LogP contribution >= 0.6 is 0 Å². The summed E-state index contributed by atoms with van der Waals surface area (Å²) in [5, 5.41) is 10.8. The zero-order valence-corrected chi connectivity index (χ0v) is 10.5. The third-order valence-electron chi connectivity index (χ3n) is 3.17. The summed E-state index contributed by atoms with van der Waals surface area (Å²) in [5.74, 6) is -0.190. The maximum Gasteiger partial charge on any atom is 0.272 e. The molecule has 0 saturated heterocycles. The Kier molecular flexibility index (Phi) is 2.83. The molecule has 94 valence electrons. The van der Waals surface area contributed by atoms with Gasteiger partial charge in [-0.05, 0) is 18.6 Å². The summed E-state index contributed by atoms with van der Waals surface area (Å²) in [6.07, 6.45) is 5.58. The van der Waals surface area contributed by atoms with E-state index in [1.54, 1.807) is 0 Å². The van der Waals surface area contributed by atoms with Crippen LogP contribution in [0.15, 0.2) is 75.8 Å². The third kappa shape index (κ3) is 2.12. The molecule has 0 fully saturated rings. The molecule has 0 radical (unpaired) electrons. The Bertz CT molecular complexity index is 639. The van der Waals surface area contributed by atoms with Crippen molar-refractivity contribution in [2.24, 2.45) is 10.2 Å². The van der Waals surface area contributed by atoms with Crippen molar-refractivity contribution < 1.29 is 4.79 Å². The van der Waals surface area contributed by atoms with E-state index in [-0.39, 0.29) is 11.9 Å². The fourth-order valence-corrected chi connectivity index (χ4v) is 2.11. The second-order valence-electron chi connectivity index (χ2n) is 4.48. The first kappa shape index (κ1) is 11.6. The molecular weight excluding hydrogens is 238 g/mol. The minimum absolute atomic E-state index is 0.0598. The monoisotopic (exact) mass is 251 g/mol. The van der Waals surface area contributed by atoms with E-state index < -0.39 is 0 Å². The first-order chi connectivity index (χ1) is 9.25. The summed E-state index contributed by atoms with van der Waals surface area (Å²) in [6, 6.07) is 9.77. The van der Waals surface area contributed by atoms with Gasteiger partial charge in [0.1, 0.15) is 0 Å². The Morgan fingerprint density at radius 1 is 1.21 bits per heavy atom. The lowest BCUT2D eigenvalue weighted by Gasteiger charge is -2.13. The zero-order chi connectivity index (χ0) is 13.2. The van der Waals surface area contributed by atoms with Gasteiger partial charge < -0.3 is 5.32 Å². The van der Waals surface area contributed by atoms with Gasteiger partial charge in [-0.2, -0.15) is 0 Å². The molecule has 1 atom stereocenters. The molecule has 0 bridgehead atoms. The van der Waals surface area contributed by atoms with E-state index in [0.29, 0.717) is 5.70 Å². The largest absolute Gasteiger partial charge is 0.344 e.